The molecule has 0 N–H and O–H groups in total. The molecule has 1 aromatic heterocycles. The lowest BCUT2D eigenvalue weighted by molar-refractivity contribution is 0.0819. The van der Waals surface area contributed by atoms with Crippen molar-refractivity contribution in [3.05, 3.63) is 16.6 Å². The predicted molar refractivity (Wildman–Crippen MR) is 69.4 cm³/mol. The summed E-state index contributed by atoms with van der Waals surface area (Å²) in [6.45, 7) is 8.03. The van der Waals surface area contributed by atoms with Gasteiger partial charge in [0.15, 0.2) is 12.1 Å². The molecule has 0 saturated heterocycles. The van der Waals surface area contributed by atoms with Gasteiger partial charge < -0.3 is 4.74 Å². The van der Waals surface area contributed by atoms with Gasteiger partial charge in [0.2, 0.25) is 0 Å². The second-order valence-electron chi connectivity index (χ2n) is 4.83. The second-order valence-corrected chi connectivity index (χ2v) is 11.3. The molecule has 1 heterocycles. The summed E-state index contributed by atoms with van der Waals surface area (Å²) in [4.78, 5) is 14.6. The van der Waals surface area contributed by atoms with Crippen LogP contribution in [0.4, 0.5) is 0 Å². The molecule has 0 saturated carbocycles. The molecule has 16 heavy (non-hydrogen) atoms. The summed E-state index contributed by atoms with van der Waals surface area (Å²) >= 11 is 3.32. The van der Waals surface area contributed by atoms with E-state index in [0.29, 0.717) is 12.6 Å². The first-order valence-electron chi connectivity index (χ1n) is 5.18. The van der Waals surface area contributed by atoms with Crippen LogP contribution in [0, 0.1) is 0 Å². The Labute approximate surface area is 105 Å². The largest absolute Gasteiger partial charge is 0.361 e. The van der Waals surface area contributed by atoms with Gasteiger partial charge in [0, 0.05) is 14.7 Å². The zero-order chi connectivity index (χ0) is 12.2. The Kier molecular flexibility index (Phi) is 4.88. The molecule has 0 aliphatic heterocycles. The van der Waals surface area contributed by atoms with Crippen LogP contribution in [0.15, 0.2) is 10.8 Å². The highest BCUT2D eigenvalue weighted by Gasteiger charge is 2.12. The minimum atomic E-state index is -1.05. The summed E-state index contributed by atoms with van der Waals surface area (Å²) in [7, 11) is -1.05. The lowest BCUT2D eigenvalue weighted by Crippen LogP contribution is -2.22. The van der Waals surface area contributed by atoms with Gasteiger partial charge in [0.25, 0.3) is 0 Å². The third-order valence-corrected chi connectivity index (χ3v) is 4.50. The third kappa shape index (κ3) is 4.19. The van der Waals surface area contributed by atoms with Gasteiger partial charge >= 0.3 is 0 Å². The number of imidazole rings is 1. The summed E-state index contributed by atoms with van der Waals surface area (Å²) in [5.74, 6) is 0.389. The maximum absolute atomic E-state index is 10.7. The van der Waals surface area contributed by atoms with Crippen LogP contribution in [-0.2, 0) is 11.5 Å². The molecule has 90 valence electrons. The van der Waals surface area contributed by atoms with Crippen LogP contribution in [0.5, 0.6) is 0 Å². The lowest BCUT2D eigenvalue weighted by atomic mass is 10.7. The standard InChI is InChI=1S/C10H17BrN2O2Si/c1-16(2,3)5-4-15-8-13-9(11)6-12-10(13)7-14/h6-7H,4-5,8H2,1-3H3. The maximum Gasteiger partial charge on any atom is 0.185 e. The van der Waals surface area contributed by atoms with Gasteiger partial charge in [0.1, 0.15) is 11.3 Å². The summed E-state index contributed by atoms with van der Waals surface area (Å²) in [5, 5.41) is 0. The van der Waals surface area contributed by atoms with Crippen molar-refractivity contribution in [1.82, 2.24) is 9.55 Å². The van der Waals surface area contributed by atoms with E-state index in [0.717, 1.165) is 23.5 Å². The molecular formula is C10H17BrN2O2Si. The van der Waals surface area contributed by atoms with Crippen LogP contribution in [0.25, 0.3) is 0 Å². The van der Waals surface area contributed by atoms with Crippen LogP contribution >= 0.6 is 15.9 Å². The van der Waals surface area contributed by atoms with Crippen LogP contribution in [0.2, 0.25) is 25.7 Å². The molecule has 0 aliphatic rings. The Hall–Kier alpha value is -0.463. The molecule has 0 aromatic carbocycles. The quantitative estimate of drug-likeness (QED) is 0.461. The Bertz CT molecular complexity index is 360. The number of aldehydes is 1. The van der Waals surface area contributed by atoms with Crippen molar-refractivity contribution in [2.75, 3.05) is 6.61 Å². The molecule has 0 fully saturated rings. The fourth-order valence-electron chi connectivity index (χ4n) is 1.12. The van der Waals surface area contributed by atoms with Gasteiger partial charge in [-0.25, -0.2) is 4.98 Å². The number of carbonyl (C=O) groups is 1. The van der Waals surface area contributed by atoms with E-state index >= 15 is 0 Å². The molecule has 0 radical (unpaired) electrons. The normalized spacial score (nSPS) is 11.8. The van der Waals surface area contributed by atoms with E-state index in [9.17, 15) is 4.79 Å². The van der Waals surface area contributed by atoms with Crippen LogP contribution in [0.3, 0.4) is 0 Å². The fraction of sp³-hybridized carbons (Fsp3) is 0.600. The zero-order valence-corrected chi connectivity index (χ0v) is 12.5. The van der Waals surface area contributed by atoms with E-state index in [4.69, 9.17) is 4.74 Å². The number of ether oxygens (including phenoxy) is 1. The molecule has 6 heteroatoms. The van der Waals surface area contributed by atoms with Crippen molar-refractivity contribution in [3.8, 4) is 0 Å². The molecule has 0 unspecified atom stereocenters. The number of carbonyl (C=O) groups excluding carboxylic acids is 1. The maximum atomic E-state index is 10.7. The molecule has 4 nitrogen and oxygen atoms in total. The first-order valence-corrected chi connectivity index (χ1v) is 9.68. The Morgan fingerprint density at radius 3 is 2.81 bits per heavy atom. The predicted octanol–water partition coefficient (Wildman–Crippen LogP) is 2.77. The van der Waals surface area contributed by atoms with E-state index in [-0.39, 0.29) is 0 Å². The van der Waals surface area contributed by atoms with E-state index in [2.05, 4.69) is 40.6 Å². The fourth-order valence-corrected chi connectivity index (χ4v) is 2.27. The molecule has 0 spiro atoms. The van der Waals surface area contributed by atoms with Crippen molar-refractivity contribution >= 4 is 30.3 Å². The van der Waals surface area contributed by atoms with E-state index in [1.165, 1.54) is 0 Å². The summed E-state index contributed by atoms with van der Waals surface area (Å²) in [6, 6.07) is 1.12. The highest BCUT2D eigenvalue weighted by atomic mass is 79.9. The molecule has 1 aromatic rings. The molecular weight excluding hydrogens is 288 g/mol. The summed E-state index contributed by atoms with van der Waals surface area (Å²) in [6.07, 6.45) is 2.33. The number of rotatable bonds is 6. The monoisotopic (exact) mass is 304 g/mol. The zero-order valence-electron chi connectivity index (χ0n) is 9.86. The third-order valence-electron chi connectivity index (χ3n) is 2.16. The molecule has 0 atom stereocenters. The average Bonchev–Trinajstić information content (AvgIpc) is 2.53. The number of halogens is 1. The van der Waals surface area contributed by atoms with Crippen LogP contribution in [-0.4, -0.2) is 30.5 Å². The van der Waals surface area contributed by atoms with Gasteiger partial charge in [-0.3, -0.25) is 9.36 Å². The van der Waals surface area contributed by atoms with Crippen molar-refractivity contribution in [2.45, 2.75) is 32.4 Å². The SMILES string of the molecule is C[Si](C)(C)CCOCn1c(Br)cnc1C=O. The highest BCUT2D eigenvalue weighted by molar-refractivity contribution is 9.10. The van der Waals surface area contributed by atoms with Crippen molar-refractivity contribution in [1.29, 1.82) is 0 Å². The first kappa shape index (κ1) is 13.6. The topological polar surface area (TPSA) is 44.1 Å². The average molecular weight is 305 g/mol. The minimum absolute atomic E-state index is 0.374. The number of aromatic nitrogens is 2. The van der Waals surface area contributed by atoms with Gasteiger partial charge in [-0.05, 0) is 22.0 Å². The lowest BCUT2D eigenvalue weighted by Gasteiger charge is -2.15. The summed E-state index contributed by atoms with van der Waals surface area (Å²) < 4.78 is 8.02. The second kappa shape index (κ2) is 5.74. The van der Waals surface area contributed by atoms with Crippen LogP contribution in [0.1, 0.15) is 10.6 Å². The number of hydrogen-bond donors (Lipinski definition) is 0. The van der Waals surface area contributed by atoms with Crippen molar-refractivity contribution < 1.29 is 9.53 Å². The molecule has 0 amide bonds. The van der Waals surface area contributed by atoms with Gasteiger partial charge in [-0.15, -0.1) is 0 Å². The van der Waals surface area contributed by atoms with Crippen molar-refractivity contribution in [2.24, 2.45) is 0 Å². The van der Waals surface area contributed by atoms with E-state index < -0.39 is 8.07 Å². The smallest absolute Gasteiger partial charge is 0.185 e. The first-order chi connectivity index (χ1) is 7.44. The number of hydrogen-bond acceptors (Lipinski definition) is 3. The Morgan fingerprint density at radius 2 is 2.25 bits per heavy atom. The van der Waals surface area contributed by atoms with E-state index in [1.807, 2.05) is 0 Å². The minimum Gasteiger partial charge on any atom is -0.361 e. The van der Waals surface area contributed by atoms with Crippen molar-refractivity contribution in [3.63, 3.8) is 0 Å². The van der Waals surface area contributed by atoms with Gasteiger partial charge in [-0.1, -0.05) is 19.6 Å². The van der Waals surface area contributed by atoms with E-state index in [1.54, 1.807) is 10.8 Å². The number of nitrogens with zero attached hydrogens (tertiary/aromatic N) is 2. The molecule has 1 rings (SSSR count). The highest BCUT2D eigenvalue weighted by Crippen LogP contribution is 2.12. The van der Waals surface area contributed by atoms with Gasteiger partial charge in [-0.2, -0.15) is 0 Å². The Balaban J connectivity index is 2.43. The molecule has 0 bridgehead atoms. The Morgan fingerprint density at radius 1 is 1.56 bits per heavy atom. The summed E-state index contributed by atoms with van der Waals surface area (Å²) in [5.41, 5.74) is 0. The van der Waals surface area contributed by atoms with Crippen LogP contribution < -0.4 is 0 Å². The van der Waals surface area contributed by atoms with Gasteiger partial charge in [0.05, 0.1) is 6.20 Å². The molecule has 0 aliphatic carbocycles.